The van der Waals surface area contributed by atoms with Gasteiger partial charge in [-0.25, -0.2) is 4.98 Å². The molecule has 0 saturated heterocycles. The fourth-order valence-corrected chi connectivity index (χ4v) is 8.18. The van der Waals surface area contributed by atoms with Gasteiger partial charge < -0.3 is 14.6 Å². The molecule has 0 radical (unpaired) electrons. The van der Waals surface area contributed by atoms with Crippen molar-refractivity contribution in [3.63, 3.8) is 0 Å². The van der Waals surface area contributed by atoms with Crippen LogP contribution in [0.15, 0.2) is 132 Å². The number of rotatable bonds is 3. The molecule has 2 aliphatic heterocycles. The maximum absolute atomic E-state index is 6.21. The highest BCUT2D eigenvalue weighted by Crippen LogP contribution is 2.61. The minimum atomic E-state index is -0.122. The first-order valence-electron chi connectivity index (χ1n) is 16.3. The molecule has 1 aromatic heterocycles. The average molecular weight is 598 g/mol. The number of para-hydroxylation sites is 1. The van der Waals surface area contributed by atoms with Crippen LogP contribution in [0, 0.1) is 5.92 Å². The Balaban J connectivity index is 0.00000302. The zero-order chi connectivity index (χ0) is 30.6. The largest absolute Gasteiger partial charge is 0.436 e. The van der Waals surface area contributed by atoms with Crippen molar-refractivity contribution < 1.29 is 5.84 Å². The van der Waals surface area contributed by atoms with Crippen molar-refractivity contribution in [2.24, 2.45) is 5.92 Å². The van der Waals surface area contributed by atoms with E-state index in [1.54, 1.807) is 0 Å². The molecule has 2 unspecified atom stereocenters. The Labute approximate surface area is 270 Å². The van der Waals surface area contributed by atoms with E-state index in [9.17, 15) is 0 Å². The molecule has 2 atom stereocenters. The first-order chi connectivity index (χ1) is 22.5. The molecule has 6 aromatic rings. The van der Waals surface area contributed by atoms with Crippen LogP contribution < -0.4 is 10.2 Å². The van der Waals surface area contributed by atoms with E-state index >= 15 is 0 Å². The normalized spacial score (nSPS) is 21.1. The first kappa shape index (κ1) is 25.9. The van der Waals surface area contributed by atoms with Crippen LogP contribution in [0.2, 0.25) is 0 Å². The van der Waals surface area contributed by atoms with Crippen LogP contribution >= 0.6 is 0 Å². The number of benzene rings is 5. The van der Waals surface area contributed by atoms with Gasteiger partial charge >= 0.3 is 0 Å². The predicted molar refractivity (Wildman–Crippen MR) is 189 cm³/mol. The van der Waals surface area contributed by atoms with Gasteiger partial charge in [0, 0.05) is 47.5 Å². The summed E-state index contributed by atoms with van der Waals surface area (Å²) in [5, 5.41) is 3.68. The standard InChI is InChI=1S/C42H33N3O.H2/c1-41(2)32-13-6-7-14-37(32)45(42-19-9-8-12-31(42)25-42)38-18-16-28(22-33(38)41)27-15-17-34-29(20-27)21-30-23-39-36(24-35(30)43-34)44-40(46-39)26-10-4-3-5-11-26;/h3-20,22-24,31,43H,21,25H2,1-2H3;1H. The van der Waals surface area contributed by atoms with Crippen molar-refractivity contribution in [3.8, 4) is 22.6 Å². The molecular formula is C42H35N3O. The van der Waals surface area contributed by atoms with Gasteiger partial charge in [-0.1, -0.05) is 86.7 Å². The second-order valence-electron chi connectivity index (χ2n) is 13.8. The zero-order valence-electron chi connectivity index (χ0n) is 25.9. The molecule has 0 amide bonds. The summed E-state index contributed by atoms with van der Waals surface area (Å²) in [5.74, 6) is 1.21. The van der Waals surface area contributed by atoms with Crippen LogP contribution in [-0.2, 0) is 11.8 Å². The molecule has 4 heteroatoms. The summed E-state index contributed by atoms with van der Waals surface area (Å²) in [7, 11) is 0. The summed E-state index contributed by atoms with van der Waals surface area (Å²) in [4.78, 5) is 7.42. The zero-order valence-corrected chi connectivity index (χ0v) is 25.9. The lowest BCUT2D eigenvalue weighted by Crippen LogP contribution is -2.41. The average Bonchev–Trinajstić information content (AvgIpc) is 3.69. The number of nitrogens with zero attached hydrogens (tertiary/aromatic N) is 2. The molecule has 1 N–H and O–H groups in total. The highest BCUT2D eigenvalue weighted by atomic mass is 16.3. The Bertz CT molecular complexity index is 2300. The number of fused-ring (bicyclic) bond motifs is 6. The highest BCUT2D eigenvalue weighted by Gasteiger charge is 2.58. The van der Waals surface area contributed by atoms with Gasteiger partial charge in [-0.15, -0.1) is 0 Å². The number of nitrogens with one attached hydrogen (secondary N) is 1. The van der Waals surface area contributed by atoms with Crippen LogP contribution in [0.25, 0.3) is 33.7 Å². The lowest BCUT2D eigenvalue weighted by molar-refractivity contribution is 0.608. The molecule has 224 valence electrons. The Kier molecular flexibility index (Phi) is 5.13. The molecule has 2 aliphatic carbocycles. The van der Waals surface area contributed by atoms with Gasteiger partial charge in [-0.3, -0.25) is 0 Å². The monoisotopic (exact) mass is 597 g/mol. The van der Waals surface area contributed by atoms with Crippen molar-refractivity contribution >= 4 is 33.8 Å². The van der Waals surface area contributed by atoms with E-state index in [0.717, 1.165) is 40.9 Å². The molecular weight excluding hydrogens is 562 g/mol. The third-order valence-corrected chi connectivity index (χ3v) is 10.7. The third-order valence-electron chi connectivity index (χ3n) is 10.7. The second kappa shape index (κ2) is 9.11. The van der Waals surface area contributed by atoms with Crippen molar-refractivity contribution in [2.45, 2.75) is 37.6 Å². The topological polar surface area (TPSA) is 41.3 Å². The maximum Gasteiger partial charge on any atom is 0.227 e. The third kappa shape index (κ3) is 3.64. The molecule has 3 heterocycles. The van der Waals surface area contributed by atoms with E-state index in [1.807, 2.05) is 30.3 Å². The Morgan fingerprint density at radius 1 is 0.761 bits per heavy atom. The molecule has 46 heavy (non-hydrogen) atoms. The Morgan fingerprint density at radius 2 is 1.54 bits per heavy atom. The molecule has 0 spiro atoms. The summed E-state index contributed by atoms with van der Waals surface area (Å²) in [6.45, 7) is 4.76. The molecule has 0 bridgehead atoms. The molecule has 4 nitrogen and oxygen atoms in total. The summed E-state index contributed by atoms with van der Waals surface area (Å²) < 4.78 is 6.21. The summed E-state index contributed by atoms with van der Waals surface area (Å²) in [6.07, 6.45) is 11.2. The van der Waals surface area contributed by atoms with Crippen molar-refractivity contribution in [1.29, 1.82) is 0 Å². The molecule has 4 aliphatic rings. The van der Waals surface area contributed by atoms with Gasteiger partial charge in [-0.2, -0.15) is 0 Å². The van der Waals surface area contributed by atoms with E-state index in [1.165, 1.54) is 44.8 Å². The SMILES string of the molecule is CC1(C)c2ccccc2N(C23C=CC=CC2C3)c2ccc(-c3ccc4c(c3)Cc3cc5oc(-c6ccccc6)nc5cc3N4)cc21.[HH]. The first-order valence-corrected chi connectivity index (χ1v) is 16.3. The van der Waals surface area contributed by atoms with Crippen LogP contribution in [0.4, 0.5) is 22.7 Å². The van der Waals surface area contributed by atoms with E-state index in [-0.39, 0.29) is 12.4 Å². The smallest absolute Gasteiger partial charge is 0.227 e. The summed E-state index contributed by atoms with van der Waals surface area (Å²) >= 11 is 0. The number of oxazole rings is 1. The fourth-order valence-electron chi connectivity index (χ4n) is 8.18. The highest BCUT2D eigenvalue weighted by molar-refractivity contribution is 5.87. The van der Waals surface area contributed by atoms with Gasteiger partial charge in [0.2, 0.25) is 5.89 Å². The van der Waals surface area contributed by atoms with Crippen LogP contribution in [0.5, 0.6) is 0 Å². The number of allylic oxidation sites excluding steroid dienone is 2. The number of aromatic nitrogens is 1. The second-order valence-corrected chi connectivity index (χ2v) is 13.8. The van der Waals surface area contributed by atoms with E-state index in [0.29, 0.717) is 11.8 Å². The molecule has 10 rings (SSSR count). The predicted octanol–water partition coefficient (Wildman–Crippen LogP) is 10.7. The number of hydrogen-bond acceptors (Lipinski definition) is 4. The quantitative estimate of drug-likeness (QED) is 0.220. The number of anilines is 4. The van der Waals surface area contributed by atoms with Crippen LogP contribution in [0.3, 0.4) is 0 Å². The lowest BCUT2D eigenvalue weighted by Gasteiger charge is -2.46. The van der Waals surface area contributed by atoms with Gasteiger partial charge in [0.1, 0.15) is 5.52 Å². The van der Waals surface area contributed by atoms with E-state index in [4.69, 9.17) is 9.40 Å². The van der Waals surface area contributed by atoms with Gasteiger partial charge in [0.05, 0.1) is 5.54 Å². The minimum absolute atomic E-state index is 0. The molecule has 1 fully saturated rings. The van der Waals surface area contributed by atoms with E-state index < -0.39 is 0 Å². The van der Waals surface area contributed by atoms with E-state index in [2.05, 4.69) is 121 Å². The molecule has 1 saturated carbocycles. The minimum Gasteiger partial charge on any atom is -0.436 e. The fraction of sp³-hybridized carbons (Fsp3) is 0.167. The van der Waals surface area contributed by atoms with Crippen molar-refractivity contribution in [1.82, 2.24) is 4.98 Å². The van der Waals surface area contributed by atoms with Gasteiger partial charge in [0.25, 0.3) is 0 Å². The summed E-state index contributed by atoms with van der Waals surface area (Å²) in [6, 6.07) is 37.4. The van der Waals surface area contributed by atoms with Crippen molar-refractivity contribution in [3.05, 3.63) is 150 Å². The van der Waals surface area contributed by atoms with Crippen LogP contribution in [0.1, 0.15) is 43.9 Å². The van der Waals surface area contributed by atoms with Crippen molar-refractivity contribution in [2.75, 3.05) is 10.2 Å². The molecule has 5 aromatic carbocycles. The summed E-state index contributed by atoms with van der Waals surface area (Å²) in [5.41, 5.74) is 15.3. The van der Waals surface area contributed by atoms with Gasteiger partial charge in [-0.05, 0) is 94.4 Å². The number of hydrogen-bond donors (Lipinski definition) is 1. The van der Waals surface area contributed by atoms with Crippen LogP contribution in [-0.4, -0.2) is 10.5 Å². The van der Waals surface area contributed by atoms with Gasteiger partial charge in [0.15, 0.2) is 5.58 Å². The Morgan fingerprint density at radius 3 is 2.43 bits per heavy atom. The Hall–Kier alpha value is -5.35. The maximum atomic E-state index is 6.21. The lowest BCUT2D eigenvalue weighted by atomic mass is 9.72.